The van der Waals surface area contributed by atoms with Crippen LogP contribution in [0.4, 0.5) is 5.69 Å². The zero-order valence-electron chi connectivity index (χ0n) is 19.2. The Kier molecular flexibility index (Phi) is 7.79. The van der Waals surface area contributed by atoms with Crippen molar-refractivity contribution in [2.24, 2.45) is 0 Å². The molecule has 3 rings (SSSR count). The highest BCUT2D eigenvalue weighted by Gasteiger charge is 2.25. The maximum absolute atomic E-state index is 12.8. The number of carbonyl (C=O) groups is 2. The molecular weight excluding hydrogens is 398 g/mol. The number of hydrogen-bond donors (Lipinski definition) is 3. The number of rotatable bonds is 8. The van der Waals surface area contributed by atoms with Crippen LogP contribution in [-0.2, 0) is 9.59 Å². The van der Waals surface area contributed by atoms with Gasteiger partial charge in [-0.05, 0) is 38.8 Å². The van der Waals surface area contributed by atoms with Gasteiger partial charge in [0.05, 0.1) is 6.54 Å². The van der Waals surface area contributed by atoms with Crippen molar-refractivity contribution >= 4 is 17.5 Å². The van der Waals surface area contributed by atoms with Gasteiger partial charge in [-0.15, -0.1) is 0 Å². The number of anilines is 1. The van der Waals surface area contributed by atoms with E-state index in [1.165, 1.54) is 5.56 Å². The summed E-state index contributed by atoms with van der Waals surface area (Å²) >= 11 is 0. The summed E-state index contributed by atoms with van der Waals surface area (Å²) in [5.74, 6) is -0.407. The van der Waals surface area contributed by atoms with Gasteiger partial charge in [-0.25, -0.2) is 0 Å². The van der Waals surface area contributed by atoms with Gasteiger partial charge in [-0.2, -0.15) is 0 Å². The zero-order valence-corrected chi connectivity index (χ0v) is 19.2. The molecule has 32 heavy (non-hydrogen) atoms. The first-order valence-corrected chi connectivity index (χ1v) is 11.0. The van der Waals surface area contributed by atoms with E-state index in [1.807, 2.05) is 62.5 Å². The summed E-state index contributed by atoms with van der Waals surface area (Å²) in [6.07, 6.45) is 0. The number of amides is 2. The maximum Gasteiger partial charge on any atom is 0.278 e. The van der Waals surface area contributed by atoms with Gasteiger partial charge in [0.15, 0.2) is 6.04 Å². The van der Waals surface area contributed by atoms with E-state index >= 15 is 0 Å². The minimum absolute atomic E-state index is 0.0130. The summed E-state index contributed by atoms with van der Waals surface area (Å²) in [5.41, 5.74) is 6.25. The van der Waals surface area contributed by atoms with Gasteiger partial charge in [-0.1, -0.05) is 78.4 Å². The standard InChI is InChI=1S/C27H31N3O2/c1-18-13-15-23(16-14-18)26(22-11-6-5-7-12-22)29-21(4)27(32)28-17-24(31)30-25-19(2)9-8-10-20(25)3/h5-16,21,26,29H,17H2,1-4H3,(H,28,32)(H,30,31)/p+1/t21-,26+/m0/s1. The van der Waals surface area contributed by atoms with Gasteiger partial charge in [0.1, 0.15) is 6.04 Å². The zero-order chi connectivity index (χ0) is 23.1. The van der Waals surface area contributed by atoms with Crippen LogP contribution in [0.25, 0.3) is 0 Å². The monoisotopic (exact) mass is 430 g/mol. The fourth-order valence-corrected chi connectivity index (χ4v) is 3.75. The lowest BCUT2D eigenvalue weighted by atomic mass is 9.97. The third kappa shape index (κ3) is 6.05. The largest absolute Gasteiger partial charge is 0.342 e. The van der Waals surface area contributed by atoms with E-state index in [9.17, 15) is 9.59 Å². The number of quaternary nitrogens is 1. The molecule has 0 saturated heterocycles. The Labute approximate surface area is 190 Å². The highest BCUT2D eigenvalue weighted by molar-refractivity contribution is 5.96. The molecule has 0 aromatic heterocycles. The molecule has 4 N–H and O–H groups in total. The Bertz CT molecular complexity index is 1040. The molecule has 0 aliphatic carbocycles. The smallest absolute Gasteiger partial charge is 0.278 e. The van der Waals surface area contributed by atoms with E-state index in [1.54, 1.807) is 0 Å². The molecule has 0 radical (unpaired) electrons. The molecule has 0 fully saturated rings. The van der Waals surface area contributed by atoms with Crippen molar-refractivity contribution in [2.75, 3.05) is 11.9 Å². The summed E-state index contributed by atoms with van der Waals surface area (Å²) in [6.45, 7) is 7.76. The minimum Gasteiger partial charge on any atom is -0.342 e. The number of aryl methyl sites for hydroxylation is 3. The molecule has 0 aliphatic rings. The summed E-state index contributed by atoms with van der Waals surface area (Å²) < 4.78 is 0. The highest BCUT2D eigenvalue weighted by Crippen LogP contribution is 2.20. The summed E-state index contributed by atoms with van der Waals surface area (Å²) in [4.78, 5) is 25.2. The Morgan fingerprint density at radius 2 is 1.41 bits per heavy atom. The average molecular weight is 431 g/mol. The molecule has 5 heteroatoms. The van der Waals surface area contributed by atoms with E-state index in [0.29, 0.717) is 0 Å². The molecule has 166 valence electrons. The summed E-state index contributed by atoms with van der Waals surface area (Å²) in [6, 6.07) is 24.0. The van der Waals surface area contributed by atoms with Crippen LogP contribution in [-0.4, -0.2) is 24.4 Å². The van der Waals surface area contributed by atoms with Crippen LogP contribution >= 0.6 is 0 Å². The van der Waals surface area contributed by atoms with Gasteiger partial charge < -0.3 is 16.0 Å². The van der Waals surface area contributed by atoms with Gasteiger partial charge in [0, 0.05) is 16.8 Å². The molecule has 5 nitrogen and oxygen atoms in total. The van der Waals surface area contributed by atoms with Gasteiger partial charge >= 0.3 is 0 Å². The minimum atomic E-state index is -0.366. The topological polar surface area (TPSA) is 74.8 Å². The van der Waals surface area contributed by atoms with E-state index < -0.39 is 0 Å². The Hall–Kier alpha value is -3.44. The van der Waals surface area contributed by atoms with Crippen molar-refractivity contribution in [1.29, 1.82) is 0 Å². The second-order valence-corrected chi connectivity index (χ2v) is 8.31. The van der Waals surface area contributed by atoms with E-state index in [4.69, 9.17) is 0 Å². The number of benzene rings is 3. The van der Waals surface area contributed by atoms with Gasteiger partial charge in [0.25, 0.3) is 5.91 Å². The Balaban J connectivity index is 1.63. The van der Waals surface area contributed by atoms with Crippen molar-refractivity contribution in [1.82, 2.24) is 5.32 Å². The molecule has 0 heterocycles. The fraction of sp³-hybridized carbons (Fsp3) is 0.259. The average Bonchev–Trinajstić information content (AvgIpc) is 2.79. The van der Waals surface area contributed by atoms with Crippen LogP contribution < -0.4 is 16.0 Å². The maximum atomic E-state index is 12.8. The number of hydrogen-bond acceptors (Lipinski definition) is 2. The number of nitrogens with two attached hydrogens (primary N) is 1. The quantitative estimate of drug-likeness (QED) is 0.512. The highest BCUT2D eigenvalue weighted by atomic mass is 16.2. The third-order valence-electron chi connectivity index (χ3n) is 5.66. The van der Waals surface area contributed by atoms with Crippen molar-refractivity contribution in [3.63, 3.8) is 0 Å². The molecule has 0 aliphatic heterocycles. The van der Waals surface area contributed by atoms with Crippen LogP contribution in [0.15, 0.2) is 72.8 Å². The van der Waals surface area contributed by atoms with Crippen LogP contribution in [0.3, 0.4) is 0 Å². The summed E-state index contributed by atoms with van der Waals surface area (Å²) in [7, 11) is 0. The first-order chi connectivity index (χ1) is 15.3. The number of nitrogens with one attached hydrogen (secondary N) is 2. The van der Waals surface area contributed by atoms with E-state index in [0.717, 1.165) is 27.9 Å². The van der Waals surface area contributed by atoms with Crippen LogP contribution in [0, 0.1) is 20.8 Å². The molecule has 0 saturated carbocycles. The second-order valence-electron chi connectivity index (χ2n) is 8.31. The normalized spacial score (nSPS) is 12.6. The molecule has 2 atom stereocenters. The molecule has 0 bridgehead atoms. The third-order valence-corrected chi connectivity index (χ3v) is 5.66. The van der Waals surface area contributed by atoms with Crippen molar-refractivity contribution < 1.29 is 14.9 Å². The van der Waals surface area contributed by atoms with Crippen LogP contribution in [0.1, 0.15) is 40.8 Å². The SMILES string of the molecule is Cc1ccc([C@H]([NH2+][C@@H](C)C(=O)NCC(=O)Nc2c(C)cccc2C)c2ccccc2)cc1. The van der Waals surface area contributed by atoms with Gasteiger partial charge in [0.2, 0.25) is 5.91 Å². The Morgan fingerprint density at radius 3 is 2.03 bits per heavy atom. The van der Waals surface area contributed by atoms with E-state index in [-0.39, 0.29) is 30.4 Å². The van der Waals surface area contributed by atoms with E-state index in [2.05, 4.69) is 54.0 Å². The number of para-hydroxylation sites is 1. The summed E-state index contributed by atoms with van der Waals surface area (Å²) in [5, 5.41) is 7.72. The molecule has 0 spiro atoms. The first kappa shape index (κ1) is 23.2. The predicted octanol–water partition coefficient (Wildman–Crippen LogP) is 3.41. The molecule has 0 unspecified atom stereocenters. The Morgan fingerprint density at radius 1 is 0.812 bits per heavy atom. The van der Waals surface area contributed by atoms with Crippen LogP contribution in [0.2, 0.25) is 0 Å². The predicted molar refractivity (Wildman–Crippen MR) is 128 cm³/mol. The number of carbonyl (C=O) groups excluding carboxylic acids is 2. The molecule has 3 aromatic rings. The van der Waals surface area contributed by atoms with Crippen molar-refractivity contribution in [2.45, 2.75) is 39.8 Å². The lowest BCUT2D eigenvalue weighted by Crippen LogP contribution is -2.92. The van der Waals surface area contributed by atoms with Crippen LogP contribution in [0.5, 0.6) is 0 Å². The molecular formula is C27H32N3O2+. The van der Waals surface area contributed by atoms with Crippen molar-refractivity contribution in [3.05, 3.63) is 101 Å². The lowest BCUT2D eigenvalue weighted by Gasteiger charge is -2.21. The lowest BCUT2D eigenvalue weighted by molar-refractivity contribution is -0.704. The second kappa shape index (κ2) is 10.7. The molecule has 2 amide bonds. The van der Waals surface area contributed by atoms with Gasteiger partial charge in [-0.3, -0.25) is 9.59 Å². The molecule has 3 aromatic carbocycles. The van der Waals surface area contributed by atoms with Crippen molar-refractivity contribution in [3.8, 4) is 0 Å². The fourth-order valence-electron chi connectivity index (χ4n) is 3.75. The first-order valence-electron chi connectivity index (χ1n) is 11.0.